The molecular formula is C24H28N6O4S. The highest BCUT2D eigenvalue weighted by molar-refractivity contribution is 7.89. The number of hydrogen-bond acceptors (Lipinski definition) is 9. The predicted octanol–water partition coefficient (Wildman–Crippen LogP) is 1.78. The molecule has 1 aromatic heterocycles. The third-order valence-electron chi connectivity index (χ3n) is 5.38. The van der Waals surface area contributed by atoms with Gasteiger partial charge in [-0.05, 0) is 35.9 Å². The molecule has 4 rings (SSSR count). The van der Waals surface area contributed by atoms with Gasteiger partial charge in [-0.15, -0.1) is 0 Å². The Bertz CT molecular complexity index is 1280. The Morgan fingerprint density at radius 3 is 2.49 bits per heavy atom. The van der Waals surface area contributed by atoms with Gasteiger partial charge in [-0.2, -0.15) is 0 Å². The highest BCUT2D eigenvalue weighted by Crippen LogP contribution is 2.30. The number of aromatic hydroxyl groups is 1. The van der Waals surface area contributed by atoms with Crippen LogP contribution in [-0.4, -0.2) is 67.9 Å². The molecule has 1 aliphatic heterocycles. The molecule has 5 N–H and O–H groups in total. The van der Waals surface area contributed by atoms with Crippen LogP contribution in [0.3, 0.4) is 0 Å². The van der Waals surface area contributed by atoms with Gasteiger partial charge in [0.25, 0.3) is 0 Å². The van der Waals surface area contributed by atoms with E-state index in [2.05, 4.69) is 25.3 Å². The minimum absolute atomic E-state index is 0.0522. The highest BCUT2D eigenvalue weighted by atomic mass is 32.2. The number of aromatic nitrogens is 2. The number of phenols is 1. The van der Waals surface area contributed by atoms with E-state index in [4.69, 9.17) is 5.11 Å². The molecule has 0 atom stereocenters. The first kappa shape index (κ1) is 24.6. The normalized spacial score (nSPS) is 14.4. The number of hydrogen-bond donors (Lipinski definition) is 5. The molecule has 0 unspecified atom stereocenters. The molecule has 0 saturated carbocycles. The standard InChI is InChI=1S/C24H28N6O4S/c31-13-10-28-35(33,34)23-7-6-20(15-22(23)30-11-8-25-9-12-30)29-24-26-16-19(17-27-24)5-4-18-2-1-3-21(32)14-18/h1-7,14-17,25,28,31-32H,8-13H2,(H,26,27,29). The predicted molar refractivity (Wildman–Crippen MR) is 136 cm³/mol. The summed E-state index contributed by atoms with van der Waals surface area (Å²) in [6.07, 6.45) is 7.04. The summed E-state index contributed by atoms with van der Waals surface area (Å²) in [6.45, 7) is 2.51. The maximum atomic E-state index is 12.8. The molecule has 2 aromatic carbocycles. The van der Waals surface area contributed by atoms with Gasteiger partial charge in [0.2, 0.25) is 16.0 Å². The Morgan fingerprint density at radius 2 is 1.77 bits per heavy atom. The minimum Gasteiger partial charge on any atom is -0.508 e. The van der Waals surface area contributed by atoms with Crippen LogP contribution in [0.2, 0.25) is 0 Å². The minimum atomic E-state index is -3.78. The van der Waals surface area contributed by atoms with E-state index >= 15 is 0 Å². The summed E-state index contributed by atoms with van der Waals surface area (Å²) >= 11 is 0. The number of phenolic OH excluding ortho intramolecular Hbond substituents is 1. The van der Waals surface area contributed by atoms with Gasteiger partial charge in [0.1, 0.15) is 10.6 Å². The fourth-order valence-electron chi connectivity index (χ4n) is 3.67. The smallest absolute Gasteiger partial charge is 0.242 e. The van der Waals surface area contributed by atoms with Gasteiger partial charge >= 0.3 is 0 Å². The molecule has 1 saturated heterocycles. The maximum Gasteiger partial charge on any atom is 0.242 e. The van der Waals surface area contributed by atoms with Crippen molar-refractivity contribution >= 4 is 39.5 Å². The van der Waals surface area contributed by atoms with Crippen molar-refractivity contribution in [3.63, 3.8) is 0 Å². The van der Waals surface area contributed by atoms with E-state index < -0.39 is 10.0 Å². The van der Waals surface area contributed by atoms with Crippen LogP contribution in [0.4, 0.5) is 17.3 Å². The Balaban J connectivity index is 1.53. The Labute approximate surface area is 204 Å². The van der Waals surface area contributed by atoms with Crippen molar-refractivity contribution in [2.24, 2.45) is 0 Å². The van der Waals surface area contributed by atoms with Gasteiger partial charge in [0.05, 0.1) is 12.3 Å². The number of aliphatic hydroxyl groups excluding tert-OH is 1. The Hall–Kier alpha value is -3.51. The Morgan fingerprint density at radius 1 is 1.03 bits per heavy atom. The van der Waals surface area contributed by atoms with Gasteiger partial charge in [-0.1, -0.05) is 24.3 Å². The van der Waals surface area contributed by atoms with E-state index in [1.165, 1.54) is 0 Å². The van der Waals surface area contributed by atoms with Crippen LogP contribution in [0.1, 0.15) is 11.1 Å². The van der Waals surface area contributed by atoms with Crippen molar-refractivity contribution < 1.29 is 18.6 Å². The molecule has 0 bridgehead atoms. The lowest BCUT2D eigenvalue weighted by Crippen LogP contribution is -2.44. The quantitative estimate of drug-likeness (QED) is 0.300. The highest BCUT2D eigenvalue weighted by Gasteiger charge is 2.23. The summed E-state index contributed by atoms with van der Waals surface area (Å²) in [5.74, 6) is 0.575. The molecule has 1 aliphatic rings. The lowest BCUT2D eigenvalue weighted by Gasteiger charge is -2.31. The molecule has 0 spiro atoms. The number of sulfonamides is 1. The summed E-state index contributed by atoms with van der Waals surface area (Å²) in [7, 11) is -3.78. The SMILES string of the molecule is O=S(=O)(NCCO)c1ccc(Nc2ncc(C=Cc3cccc(O)c3)cn2)cc1N1CCNCC1. The first-order valence-electron chi connectivity index (χ1n) is 11.2. The average Bonchev–Trinajstić information content (AvgIpc) is 2.87. The second-order valence-electron chi connectivity index (χ2n) is 7.93. The van der Waals surface area contributed by atoms with E-state index in [0.29, 0.717) is 30.4 Å². The molecular weight excluding hydrogens is 468 g/mol. The fourth-order valence-corrected chi connectivity index (χ4v) is 4.90. The van der Waals surface area contributed by atoms with Crippen LogP contribution < -0.4 is 20.3 Å². The van der Waals surface area contributed by atoms with E-state index in [1.807, 2.05) is 23.1 Å². The van der Waals surface area contributed by atoms with Gasteiger partial charge < -0.3 is 25.7 Å². The van der Waals surface area contributed by atoms with Crippen molar-refractivity contribution in [3.05, 3.63) is 66.0 Å². The van der Waals surface area contributed by atoms with Gasteiger partial charge in [-0.3, -0.25) is 0 Å². The zero-order valence-corrected chi connectivity index (χ0v) is 19.9. The summed E-state index contributed by atoms with van der Waals surface area (Å²) in [6, 6.07) is 11.9. The van der Waals surface area contributed by atoms with E-state index in [0.717, 1.165) is 24.2 Å². The summed E-state index contributed by atoms with van der Waals surface area (Å²) < 4.78 is 28.0. The largest absolute Gasteiger partial charge is 0.508 e. The van der Waals surface area contributed by atoms with Gasteiger partial charge in [0, 0.05) is 56.4 Å². The number of piperazine rings is 1. The molecule has 35 heavy (non-hydrogen) atoms. The van der Waals surface area contributed by atoms with E-state index in [-0.39, 0.29) is 23.8 Å². The molecule has 2 heterocycles. The number of nitrogens with zero attached hydrogens (tertiary/aromatic N) is 3. The van der Waals surface area contributed by atoms with E-state index in [9.17, 15) is 13.5 Å². The third kappa shape index (κ3) is 6.55. The number of nitrogens with one attached hydrogen (secondary N) is 3. The topological polar surface area (TPSA) is 140 Å². The Kier molecular flexibility index (Phi) is 7.93. The maximum absolute atomic E-state index is 12.8. The molecule has 184 valence electrons. The summed E-state index contributed by atoms with van der Waals surface area (Å²) in [5.41, 5.74) is 2.88. The number of benzene rings is 2. The van der Waals surface area contributed by atoms with Crippen LogP contribution in [0, 0.1) is 0 Å². The van der Waals surface area contributed by atoms with E-state index in [1.54, 1.807) is 48.8 Å². The number of aliphatic hydroxyl groups is 1. The van der Waals surface area contributed by atoms with Crippen LogP contribution in [0.15, 0.2) is 59.8 Å². The van der Waals surface area contributed by atoms with Crippen LogP contribution in [-0.2, 0) is 10.0 Å². The number of rotatable bonds is 9. The van der Waals surface area contributed by atoms with Crippen molar-refractivity contribution in [3.8, 4) is 5.75 Å². The molecule has 3 aromatic rings. The monoisotopic (exact) mass is 496 g/mol. The van der Waals surface area contributed by atoms with Crippen molar-refractivity contribution in [2.45, 2.75) is 4.90 Å². The van der Waals surface area contributed by atoms with Crippen molar-refractivity contribution in [1.82, 2.24) is 20.0 Å². The van der Waals surface area contributed by atoms with Gasteiger partial charge in [0.15, 0.2) is 0 Å². The molecule has 0 radical (unpaired) electrons. The first-order chi connectivity index (χ1) is 16.9. The number of anilines is 3. The molecule has 10 nitrogen and oxygen atoms in total. The van der Waals surface area contributed by atoms with Gasteiger partial charge in [-0.25, -0.2) is 23.1 Å². The lowest BCUT2D eigenvalue weighted by atomic mass is 10.2. The van der Waals surface area contributed by atoms with Crippen LogP contribution in [0.5, 0.6) is 5.75 Å². The van der Waals surface area contributed by atoms with Crippen molar-refractivity contribution in [1.29, 1.82) is 0 Å². The molecule has 11 heteroatoms. The fraction of sp³-hybridized carbons (Fsp3) is 0.250. The van der Waals surface area contributed by atoms with Crippen LogP contribution >= 0.6 is 0 Å². The lowest BCUT2D eigenvalue weighted by molar-refractivity contribution is 0.301. The molecule has 1 fully saturated rings. The third-order valence-corrected chi connectivity index (χ3v) is 6.88. The summed E-state index contributed by atoms with van der Waals surface area (Å²) in [5, 5.41) is 25.0. The van der Waals surface area contributed by atoms with Crippen molar-refractivity contribution in [2.75, 3.05) is 49.5 Å². The average molecular weight is 497 g/mol. The molecule has 0 amide bonds. The molecule has 0 aliphatic carbocycles. The zero-order valence-electron chi connectivity index (χ0n) is 19.1. The second kappa shape index (κ2) is 11.3. The first-order valence-corrected chi connectivity index (χ1v) is 12.7. The second-order valence-corrected chi connectivity index (χ2v) is 9.67. The van der Waals surface area contributed by atoms with Crippen LogP contribution in [0.25, 0.3) is 12.2 Å². The summed E-state index contributed by atoms with van der Waals surface area (Å²) in [4.78, 5) is 10.9. The zero-order chi connectivity index (χ0) is 24.7.